The summed E-state index contributed by atoms with van der Waals surface area (Å²) in [5.41, 5.74) is 0. The fourth-order valence-electron chi connectivity index (χ4n) is 1.08. The van der Waals surface area contributed by atoms with E-state index in [9.17, 15) is 0 Å². The molecule has 86 valence electrons. The minimum absolute atomic E-state index is 0.164. The van der Waals surface area contributed by atoms with Crippen molar-refractivity contribution in [1.82, 2.24) is 5.32 Å². The monoisotopic (exact) mass is 205 g/mol. The lowest BCUT2D eigenvalue weighted by Gasteiger charge is -2.15. The minimum Gasteiger partial charge on any atom is -0.395 e. The van der Waals surface area contributed by atoms with E-state index in [1.165, 1.54) is 0 Å². The van der Waals surface area contributed by atoms with Gasteiger partial charge in [0.25, 0.3) is 0 Å². The third-order valence-corrected chi connectivity index (χ3v) is 1.95. The van der Waals surface area contributed by atoms with Crippen LogP contribution in [-0.2, 0) is 9.47 Å². The first kappa shape index (κ1) is 13.8. The summed E-state index contributed by atoms with van der Waals surface area (Å²) in [7, 11) is 1.66. The molecule has 0 aliphatic heterocycles. The Morgan fingerprint density at radius 3 is 2.64 bits per heavy atom. The number of methoxy groups -OCH3 is 1. The van der Waals surface area contributed by atoms with Gasteiger partial charge < -0.3 is 19.9 Å². The molecule has 0 spiro atoms. The lowest BCUT2D eigenvalue weighted by Crippen LogP contribution is -2.34. The van der Waals surface area contributed by atoms with Crippen LogP contribution in [0.3, 0.4) is 0 Å². The van der Waals surface area contributed by atoms with Gasteiger partial charge in [0.05, 0.1) is 19.8 Å². The van der Waals surface area contributed by atoms with Crippen LogP contribution >= 0.6 is 0 Å². The third kappa shape index (κ3) is 8.44. The maximum atomic E-state index is 9.01. The quantitative estimate of drug-likeness (QED) is 0.507. The molecular formula is C10H23NO3. The number of rotatable bonds is 10. The summed E-state index contributed by atoms with van der Waals surface area (Å²) in [6.45, 7) is 5.16. The largest absolute Gasteiger partial charge is 0.395 e. The third-order valence-electron chi connectivity index (χ3n) is 1.95. The number of aliphatic hydroxyl groups is 1. The maximum Gasteiger partial charge on any atom is 0.0700 e. The van der Waals surface area contributed by atoms with Gasteiger partial charge in [-0.2, -0.15) is 0 Å². The SMILES string of the molecule is CCCNC(CO)CCOCCOC. The van der Waals surface area contributed by atoms with Crippen molar-refractivity contribution in [2.24, 2.45) is 0 Å². The number of nitrogens with one attached hydrogen (secondary N) is 1. The zero-order valence-corrected chi connectivity index (χ0v) is 9.29. The van der Waals surface area contributed by atoms with Gasteiger partial charge in [-0.3, -0.25) is 0 Å². The molecule has 4 heteroatoms. The Morgan fingerprint density at radius 2 is 2.07 bits per heavy atom. The van der Waals surface area contributed by atoms with Crippen molar-refractivity contribution in [3.8, 4) is 0 Å². The summed E-state index contributed by atoms with van der Waals surface area (Å²) in [5.74, 6) is 0. The average molecular weight is 205 g/mol. The van der Waals surface area contributed by atoms with Crippen LogP contribution in [-0.4, -0.2) is 51.2 Å². The summed E-state index contributed by atoms with van der Waals surface area (Å²) in [5, 5.41) is 12.3. The zero-order chi connectivity index (χ0) is 10.6. The van der Waals surface area contributed by atoms with Gasteiger partial charge in [-0.05, 0) is 19.4 Å². The van der Waals surface area contributed by atoms with E-state index < -0.39 is 0 Å². The normalized spacial score (nSPS) is 13.1. The number of hydrogen-bond donors (Lipinski definition) is 2. The molecule has 0 saturated heterocycles. The topological polar surface area (TPSA) is 50.7 Å². The predicted molar refractivity (Wildman–Crippen MR) is 56.5 cm³/mol. The van der Waals surface area contributed by atoms with E-state index in [1.54, 1.807) is 7.11 Å². The Morgan fingerprint density at radius 1 is 1.29 bits per heavy atom. The fourth-order valence-corrected chi connectivity index (χ4v) is 1.08. The van der Waals surface area contributed by atoms with Crippen LogP contribution in [0.1, 0.15) is 19.8 Å². The fraction of sp³-hybridized carbons (Fsp3) is 1.00. The molecule has 0 aliphatic rings. The van der Waals surface area contributed by atoms with Gasteiger partial charge >= 0.3 is 0 Å². The molecule has 0 aromatic heterocycles. The molecular weight excluding hydrogens is 182 g/mol. The molecule has 4 nitrogen and oxygen atoms in total. The molecule has 0 amide bonds. The lowest BCUT2D eigenvalue weighted by atomic mass is 10.2. The highest BCUT2D eigenvalue weighted by Gasteiger charge is 2.04. The van der Waals surface area contributed by atoms with Crippen molar-refractivity contribution >= 4 is 0 Å². The Labute approximate surface area is 86.6 Å². The van der Waals surface area contributed by atoms with Crippen molar-refractivity contribution in [2.45, 2.75) is 25.8 Å². The smallest absolute Gasteiger partial charge is 0.0700 e. The highest BCUT2D eigenvalue weighted by molar-refractivity contribution is 4.64. The molecule has 0 radical (unpaired) electrons. The molecule has 0 aliphatic carbocycles. The van der Waals surface area contributed by atoms with E-state index in [4.69, 9.17) is 14.6 Å². The van der Waals surface area contributed by atoms with Crippen LogP contribution in [0.25, 0.3) is 0 Å². The van der Waals surface area contributed by atoms with Crippen LogP contribution < -0.4 is 5.32 Å². The molecule has 0 heterocycles. The summed E-state index contributed by atoms with van der Waals surface area (Å²) in [6, 6.07) is 0.164. The van der Waals surface area contributed by atoms with Crippen molar-refractivity contribution in [2.75, 3.05) is 40.1 Å². The predicted octanol–water partition coefficient (Wildman–Crippen LogP) is 0.400. The standard InChI is InChI=1S/C10H23NO3/c1-3-5-11-10(9-12)4-6-14-8-7-13-2/h10-12H,3-9H2,1-2H3. The molecule has 0 aromatic rings. The Hall–Kier alpha value is -0.160. The van der Waals surface area contributed by atoms with Crippen molar-refractivity contribution in [3.63, 3.8) is 0 Å². The van der Waals surface area contributed by atoms with Crippen LogP contribution in [0, 0.1) is 0 Å². The van der Waals surface area contributed by atoms with E-state index in [0.29, 0.717) is 19.8 Å². The van der Waals surface area contributed by atoms with Gasteiger partial charge in [0, 0.05) is 19.8 Å². The number of hydrogen-bond acceptors (Lipinski definition) is 4. The van der Waals surface area contributed by atoms with Gasteiger partial charge in [-0.15, -0.1) is 0 Å². The minimum atomic E-state index is 0.164. The molecule has 0 aromatic carbocycles. The molecule has 0 saturated carbocycles. The van der Waals surface area contributed by atoms with Gasteiger partial charge in [0.15, 0.2) is 0 Å². The second-order valence-electron chi connectivity index (χ2n) is 3.23. The first-order valence-corrected chi connectivity index (χ1v) is 5.26. The summed E-state index contributed by atoms with van der Waals surface area (Å²) < 4.78 is 10.2. The second kappa shape index (κ2) is 10.9. The first-order chi connectivity index (χ1) is 6.85. The van der Waals surface area contributed by atoms with Gasteiger partial charge in [-0.25, -0.2) is 0 Å². The number of ether oxygens (including phenoxy) is 2. The van der Waals surface area contributed by atoms with Crippen LogP contribution in [0.15, 0.2) is 0 Å². The van der Waals surface area contributed by atoms with Crippen LogP contribution in [0.4, 0.5) is 0 Å². The molecule has 14 heavy (non-hydrogen) atoms. The lowest BCUT2D eigenvalue weighted by molar-refractivity contribution is 0.0624. The molecule has 1 atom stereocenters. The molecule has 1 unspecified atom stereocenters. The molecule has 2 N–H and O–H groups in total. The van der Waals surface area contributed by atoms with Crippen molar-refractivity contribution in [1.29, 1.82) is 0 Å². The molecule has 0 fully saturated rings. The Balaban J connectivity index is 3.24. The van der Waals surface area contributed by atoms with Crippen LogP contribution in [0.5, 0.6) is 0 Å². The van der Waals surface area contributed by atoms with E-state index in [-0.39, 0.29) is 12.6 Å². The highest BCUT2D eigenvalue weighted by Crippen LogP contribution is 1.92. The van der Waals surface area contributed by atoms with Crippen LogP contribution in [0.2, 0.25) is 0 Å². The summed E-state index contributed by atoms with van der Waals surface area (Å²) in [4.78, 5) is 0. The van der Waals surface area contributed by atoms with Gasteiger partial charge in [-0.1, -0.05) is 6.92 Å². The van der Waals surface area contributed by atoms with E-state index in [1.807, 2.05) is 0 Å². The molecule has 0 bridgehead atoms. The summed E-state index contributed by atoms with van der Waals surface area (Å²) in [6.07, 6.45) is 1.93. The molecule has 0 rings (SSSR count). The zero-order valence-electron chi connectivity index (χ0n) is 9.29. The maximum absolute atomic E-state index is 9.01. The van der Waals surface area contributed by atoms with Crippen molar-refractivity contribution in [3.05, 3.63) is 0 Å². The van der Waals surface area contributed by atoms with Crippen molar-refractivity contribution < 1.29 is 14.6 Å². The Kier molecular flexibility index (Phi) is 10.8. The first-order valence-electron chi connectivity index (χ1n) is 5.26. The highest BCUT2D eigenvalue weighted by atomic mass is 16.5. The van der Waals surface area contributed by atoms with Gasteiger partial charge in [0.1, 0.15) is 0 Å². The average Bonchev–Trinajstić information content (AvgIpc) is 2.22. The summed E-state index contributed by atoms with van der Waals surface area (Å²) >= 11 is 0. The second-order valence-corrected chi connectivity index (χ2v) is 3.23. The van der Waals surface area contributed by atoms with E-state index in [2.05, 4.69) is 12.2 Å². The van der Waals surface area contributed by atoms with E-state index in [0.717, 1.165) is 19.4 Å². The van der Waals surface area contributed by atoms with Gasteiger partial charge in [0.2, 0.25) is 0 Å². The Bertz CT molecular complexity index is 112. The number of aliphatic hydroxyl groups excluding tert-OH is 1. The van der Waals surface area contributed by atoms with E-state index >= 15 is 0 Å².